The summed E-state index contributed by atoms with van der Waals surface area (Å²) in [5, 5.41) is 3.62. The largest absolute Gasteiger partial charge is 0.345 e. The topological polar surface area (TPSA) is 48.5 Å². The molecule has 1 aliphatic rings. The van der Waals surface area contributed by atoms with Gasteiger partial charge in [-0.15, -0.1) is 0 Å². The molecular formula is C18H17FN4OS. The number of fused-ring (bicyclic) bond motifs is 1. The van der Waals surface area contributed by atoms with Crippen molar-refractivity contribution in [2.75, 3.05) is 36.4 Å². The van der Waals surface area contributed by atoms with Crippen molar-refractivity contribution in [1.29, 1.82) is 0 Å². The molecule has 0 aliphatic carbocycles. The number of halogens is 1. The Kier molecular flexibility index (Phi) is 4.23. The van der Waals surface area contributed by atoms with Crippen molar-refractivity contribution < 1.29 is 9.18 Å². The second-order valence-electron chi connectivity index (χ2n) is 5.85. The highest BCUT2D eigenvalue weighted by atomic mass is 32.1. The fourth-order valence-electron chi connectivity index (χ4n) is 2.85. The van der Waals surface area contributed by atoms with E-state index in [0.29, 0.717) is 26.2 Å². The lowest BCUT2D eigenvalue weighted by atomic mass is 10.3. The van der Waals surface area contributed by atoms with Gasteiger partial charge in [-0.05, 0) is 24.3 Å². The number of carbonyl (C=O) groups is 1. The summed E-state index contributed by atoms with van der Waals surface area (Å²) in [4.78, 5) is 20.9. The lowest BCUT2D eigenvalue weighted by Crippen LogP contribution is -2.50. The van der Waals surface area contributed by atoms with Gasteiger partial charge in [0.15, 0.2) is 5.13 Å². The quantitative estimate of drug-likeness (QED) is 0.760. The minimum atomic E-state index is -0.427. The molecule has 128 valence electrons. The zero-order chi connectivity index (χ0) is 17.2. The highest BCUT2D eigenvalue weighted by molar-refractivity contribution is 7.22. The summed E-state index contributed by atoms with van der Waals surface area (Å²) in [6, 6.07) is 14.0. The average Bonchev–Trinajstić information content (AvgIpc) is 3.08. The molecule has 1 N–H and O–H groups in total. The summed E-state index contributed by atoms with van der Waals surface area (Å²) in [6.45, 7) is 2.58. The van der Waals surface area contributed by atoms with Crippen LogP contribution in [-0.4, -0.2) is 42.1 Å². The molecule has 25 heavy (non-hydrogen) atoms. The first-order valence-corrected chi connectivity index (χ1v) is 8.93. The Hall–Kier alpha value is -2.67. The van der Waals surface area contributed by atoms with Gasteiger partial charge >= 0.3 is 6.03 Å². The number of para-hydroxylation sites is 2. The molecule has 2 amide bonds. The molecule has 4 rings (SSSR count). The van der Waals surface area contributed by atoms with E-state index in [1.54, 1.807) is 34.4 Å². The van der Waals surface area contributed by atoms with Crippen LogP contribution >= 0.6 is 11.3 Å². The summed E-state index contributed by atoms with van der Waals surface area (Å²) >= 11 is 1.66. The summed E-state index contributed by atoms with van der Waals surface area (Å²) in [5.74, 6) is -0.427. The van der Waals surface area contributed by atoms with Crippen molar-refractivity contribution in [1.82, 2.24) is 9.88 Å². The Labute approximate surface area is 148 Å². The van der Waals surface area contributed by atoms with Gasteiger partial charge in [0.2, 0.25) is 0 Å². The molecule has 1 aromatic heterocycles. The Balaban J connectivity index is 1.39. The third-order valence-corrected chi connectivity index (χ3v) is 5.33. The van der Waals surface area contributed by atoms with Crippen LogP contribution in [0.25, 0.3) is 10.2 Å². The molecule has 0 unspecified atom stereocenters. The number of rotatable bonds is 2. The molecule has 0 radical (unpaired) electrons. The smallest absolute Gasteiger partial charge is 0.322 e. The number of nitrogens with zero attached hydrogens (tertiary/aromatic N) is 3. The monoisotopic (exact) mass is 356 g/mol. The van der Waals surface area contributed by atoms with Gasteiger partial charge in [0.25, 0.3) is 0 Å². The van der Waals surface area contributed by atoms with Crippen LogP contribution in [0, 0.1) is 5.82 Å². The fourth-order valence-corrected chi connectivity index (χ4v) is 3.87. The Morgan fingerprint density at radius 1 is 1.04 bits per heavy atom. The van der Waals surface area contributed by atoms with Crippen LogP contribution < -0.4 is 10.2 Å². The number of anilines is 2. The van der Waals surface area contributed by atoms with Crippen LogP contribution in [0.5, 0.6) is 0 Å². The van der Waals surface area contributed by atoms with Crippen molar-refractivity contribution in [3.63, 3.8) is 0 Å². The molecule has 7 heteroatoms. The third-order valence-electron chi connectivity index (χ3n) is 4.24. The van der Waals surface area contributed by atoms with Gasteiger partial charge in [-0.3, -0.25) is 0 Å². The Bertz CT molecular complexity index is 872. The van der Waals surface area contributed by atoms with Crippen LogP contribution in [0.4, 0.5) is 20.0 Å². The molecule has 3 aromatic rings. The average molecular weight is 356 g/mol. The van der Waals surface area contributed by atoms with Gasteiger partial charge in [0.05, 0.1) is 15.9 Å². The molecule has 2 heterocycles. The van der Waals surface area contributed by atoms with E-state index in [9.17, 15) is 9.18 Å². The van der Waals surface area contributed by atoms with Crippen molar-refractivity contribution >= 4 is 38.4 Å². The maximum atomic E-state index is 13.7. The first-order chi connectivity index (χ1) is 12.2. The number of amides is 2. The summed E-state index contributed by atoms with van der Waals surface area (Å²) in [7, 11) is 0. The van der Waals surface area contributed by atoms with Crippen molar-refractivity contribution in [3.8, 4) is 0 Å². The van der Waals surface area contributed by atoms with Gasteiger partial charge in [-0.2, -0.15) is 0 Å². The van der Waals surface area contributed by atoms with Crippen LogP contribution in [0.1, 0.15) is 0 Å². The van der Waals surface area contributed by atoms with E-state index in [-0.39, 0.29) is 11.7 Å². The van der Waals surface area contributed by atoms with Crippen LogP contribution in [0.15, 0.2) is 48.5 Å². The van der Waals surface area contributed by atoms with E-state index in [1.165, 1.54) is 6.07 Å². The fraction of sp³-hybridized carbons (Fsp3) is 0.222. The maximum Gasteiger partial charge on any atom is 0.322 e. The normalized spacial score (nSPS) is 14.8. The number of piperazine rings is 1. The summed E-state index contributed by atoms with van der Waals surface area (Å²) in [5.41, 5.74) is 1.21. The third kappa shape index (κ3) is 3.28. The standard InChI is InChI=1S/C18H17FN4OS/c19-13-5-1-2-6-14(13)20-17(24)22-9-11-23(12-10-22)18-21-15-7-3-4-8-16(15)25-18/h1-8H,9-12H2,(H,20,24). The number of nitrogens with one attached hydrogen (secondary N) is 1. The number of aromatic nitrogens is 1. The number of hydrogen-bond donors (Lipinski definition) is 1. The summed E-state index contributed by atoms with van der Waals surface area (Å²) in [6.07, 6.45) is 0. The van der Waals surface area contributed by atoms with E-state index >= 15 is 0 Å². The zero-order valence-corrected chi connectivity index (χ0v) is 14.3. The number of carbonyl (C=O) groups excluding carboxylic acids is 1. The van der Waals surface area contributed by atoms with Gasteiger partial charge in [0, 0.05) is 26.2 Å². The predicted molar refractivity (Wildman–Crippen MR) is 98.8 cm³/mol. The SMILES string of the molecule is O=C(Nc1ccccc1F)N1CCN(c2nc3ccccc3s2)CC1. The maximum absolute atomic E-state index is 13.7. The van der Waals surface area contributed by atoms with Crippen LogP contribution in [0.3, 0.4) is 0 Å². The Morgan fingerprint density at radius 3 is 2.52 bits per heavy atom. The lowest BCUT2D eigenvalue weighted by Gasteiger charge is -2.34. The van der Waals surface area contributed by atoms with E-state index in [1.807, 2.05) is 18.2 Å². The van der Waals surface area contributed by atoms with Gasteiger partial charge < -0.3 is 15.1 Å². The lowest BCUT2D eigenvalue weighted by molar-refractivity contribution is 0.208. The van der Waals surface area contributed by atoms with E-state index < -0.39 is 5.82 Å². The number of benzene rings is 2. The molecule has 0 saturated carbocycles. The van der Waals surface area contributed by atoms with Crippen LogP contribution in [-0.2, 0) is 0 Å². The number of urea groups is 1. The molecule has 0 bridgehead atoms. The number of hydrogen-bond acceptors (Lipinski definition) is 4. The molecular weight excluding hydrogens is 339 g/mol. The minimum Gasteiger partial charge on any atom is -0.345 e. The van der Waals surface area contributed by atoms with Crippen molar-refractivity contribution in [2.45, 2.75) is 0 Å². The van der Waals surface area contributed by atoms with E-state index in [4.69, 9.17) is 0 Å². The molecule has 1 saturated heterocycles. The van der Waals surface area contributed by atoms with Crippen LogP contribution in [0.2, 0.25) is 0 Å². The first-order valence-electron chi connectivity index (χ1n) is 8.12. The first kappa shape index (κ1) is 15.8. The van der Waals surface area contributed by atoms with E-state index in [0.717, 1.165) is 15.3 Å². The molecule has 1 fully saturated rings. The minimum absolute atomic E-state index is 0.209. The highest BCUT2D eigenvalue weighted by Gasteiger charge is 2.23. The molecule has 5 nitrogen and oxygen atoms in total. The van der Waals surface area contributed by atoms with Gasteiger partial charge in [-0.25, -0.2) is 14.2 Å². The summed E-state index contributed by atoms with van der Waals surface area (Å²) < 4.78 is 14.8. The highest BCUT2D eigenvalue weighted by Crippen LogP contribution is 2.29. The second kappa shape index (κ2) is 6.68. The second-order valence-corrected chi connectivity index (χ2v) is 6.86. The van der Waals surface area contributed by atoms with Gasteiger partial charge in [-0.1, -0.05) is 35.6 Å². The number of thiazole rings is 1. The van der Waals surface area contributed by atoms with Crippen molar-refractivity contribution in [2.24, 2.45) is 0 Å². The molecule has 1 aliphatic heterocycles. The molecule has 2 aromatic carbocycles. The van der Waals surface area contributed by atoms with Gasteiger partial charge in [0.1, 0.15) is 5.82 Å². The predicted octanol–water partition coefficient (Wildman–Crippen LogP) is 3.79. The molecule has 0 spiro atoms. The zero-order valence-electron chi connectivity index (χ0n) is 13.5. The van der Waals surface area contributed by atoms with Crippen molar-refractivity contribution in [3.05, 3.63) is 54.3 Å². The Morgan fingerprint density at radius 2 is 1.76 bits per heavy atom. The molecule has 0 atom stereocenters. The van der Waals surface area contributed by atoms with E-state index in [2.05, 4.69) is 21.3 Å².